The molecule has 7 heteroatoms. The molecule has 3 rings (SSSR count). The van der Waals surface area contributed by atoms with Crippen LogP contribution in [0.2, 0.25) is 0 Å². The molecule has 3 N–H and O–H groups in total. The Morgan fingerprint density at radius 3 is 2.50 bits per heavy atom. The van der Waals surface area contributed by atoms with Gasteiger partial charge in [-0.05, 0) is 37.1 Å². The van der Waals surface area contributed by atoms with Crippen LogP contribution in [0.4, 0.5) is 0 Å². The van der Waals surface area contributed by atoms with Crippen LogP contribution < -0.4 is 4.74 Å². The van der Waals surface area contributed by atoms with E-state index < -0.39 is 24.5 Å². The van der Waals surface area contributed by atoms with Crippen LogP contribution in [0.3, 0.4) is 0 Å². The van der Waals surface area contributed by atoms with E-state index in [-0.39, 0.29) is 12.6 Å². The Labute approximate surface area is 127 Å². The first kappa shape index (κ1) is 15.2. The lowest BCUT2D eigenvalue weighted by atomic mass is 10.1. The van der Waals surface area contributed by atoms with Gasteiger partial charge in [-0.3, -0.25) is 4.57 Å². The summed E-state index contributed by atoms with van der Waals surface area (Å²) in [4.78, 5) is 4.39. The van der Waals surface area contributed by atoms with Gasteiger partial charge in [-0.2, -0.15) is 4.98 Å². The summed E-state index contributed by atoms with van der Waals surface area (Å²) in [5.41, 5.74) is 3.64. The van der Waals surface area contributed by atoms with E-state index in [2.05, 4.69) is 4.98 Å². The topological polar surface area (TPSA) is 97.0 Å². The third-order valence-corrected chi connectivity index (χ3v) is 4.23. The lowest BCUT2D eigenvalue weighted by Gasteiger charge is -2.19. The van der Waals surface area contributed by atoms with Crippen LogP contribution in [0.5, 0.6) is 6.01 Å². The van der Waals surface area contributed by atoms with Crippen molar-refractivity contribution in [3.8, 4) is 6.01 Å². The van der Waals surface area contributed by atoms with Crippen molar-refractivity contribution in [2.45, 2.75) is 38.4 Å². The number of methoxy groups -OCH3 is 1. The number of aromatic nitrogens is 2. The molecule has 1 aromatic heterocycles. The SMILES string of the molecule is COc1nc2cc(C)c(C)cc2n1[C@@H]1O[C@@H](CO)[C@@H](O)[C@@H]1O. The summed E-state index contributed by atoms with van der Waals surface area (Å²) in [5.74, 6) is 0. The van der Waals surface area contributed by atoms with E-state index >= 15 is 0 Å². The van der Waals surface area contributed by atoms with Gasteiger partial charge in [0.25, 0.3) is 6.01 Å². The second kappa shape index (κ2) is 5.51. The summed E-state index contributed by atoms with van der Waals surface area (Å²) >= 11 is 0. The molecule has 7 nitrogen and oxygen atoms in total. The molecular formula is C15H20N2O5. The van der Waals surface area contributed by atoms with E-state index in [1.165, 1.54) is 7.11 Å². The van der Waals surface area contributed by atoms with Gasteiger partial charge in [-0.25, -0.2) is 0 Å². The molecule has 2 aromatic rings. The predicted octanol–water partition coefficient (Wildman–Crippen LogP) is 0.273. The Morgan fingerprint density at radius 2 is 1.91 bits per heavy atom. The molecule has 1 aliphatic rings. The van der Waals surface area contributed by atoms with E-state index in [1.54, 1.807) is 4.57 Å². The monoisotopic (exact) mass is 308 g/mol. The van der Waals surface area contributed by atoms with Crippen molar-refractivity contribution in [1.82, 2.24) is 9.55 Å². The van der Waals surface area contributed by atoms with E-state index in [9.17, 15) is 15.3 Å². The first-order valence-corrected chi connectivity index (χ1v) is 7.13. The van der Waals surface area contributed by atoms with Crippen molar-refractivity contribution in [2.75, 3.05) is 13.7 Å². The van der Waals surface area contributed by atoms with Crippen LogP contribution in [-0.2, 0) is 4.74 Å². The maximum Gasteiger partial charge on any atom is 0.299 e. The van der Waals surface area contributed by atoms with E-state index in [0.717, 1.165) is 22.2 Å². The van der Waals surface area contributed by atoms with Crippen LogP contribution in [-0.4, -0.2) is 56.9 Å². The number of fused-ring (bicyclic) bond motifs is 1. The molecule has 0 aliphatic carbocycles. The van der Waals surface area contributed by atoms with Crippen LogP contribution in [0.25, 0.3) is 11.0 Å². The summed E-state index contributed by atoms with van der Waals surface area (Å²) in [7, 11) is 1.48. The number of rotatable bonds is 3. The van der Waals surface area contributed by atoms with Crippen LogP contribution in [0.15, 0.2) is 12.1 Å². The van der Waals surface area contributed by atoms with Crippen molar-refractivity contribution < 1.29 is 24.8 Å². The number of aryl methyl sites for hydroxylation is 2. The van der Waals surface area contributed by atoms with E-state index in [4.69, 9.17) is 9.47 Å². The smallest absolute Gasteiger partial charge is 0.299 e. The summed E-state index contributed by atoms with van der Waals surface area (Å²) in [6.45, 7) is 3.60. The maximum absolute atomic E-state index is 10.2. The molecule has 120 valence electrons. The Kier molecular flexibility index (Phi) is 3.82. The van der Waals surface area contributed by atoms with Gasteiger partial charge < -0.3 is 24.8 Å². The molecule has 0 amide bonds. The largest absolute Gasteiger partial charge is 0.468 e. The molecular weight excluding hydrogens is 288 g/mol. The van der Waals surface area contributed by atoms with Gasteiger partial charge in [0.2, 0.25) is 0 Å². The molecule has 0 radical (unpaired) electrons. The molecule has 22 heavy (non-hydrogen) atoms. The molecule has 0 bridgehead atoms. The van der Waals surface area contributed by atoms with Crippen molar-refractivity contribution in [3.63, 3.8) is 0 Å². The highest BCUT2D eigenvalue weighted by atomic mass is 16.6. The van der Waals surface area contributed by atoms with Crippen molar-refractivity contribution >= 4 is 11.0 Å². The van der Waals surface area contributed by atoms with Gasteiger partial charge in [-0.1, -0.05) is 0 Å². The number of imidazole rings is 1. The minimum atomic E-state index is -1.18. The average Bonchev–Trinajstić information content (AvgIpc) is 2.98. The summed E-state index contributed by atoms with van der Waals surface area (Å²) in [6, 6.07) is 4.16. The fourth-order valence-corrected chi connectivity index (χ4v) is 2.81. The standard InChI is InChI=1S/C15H20N2O5/c1-7-4-9-10(5-8(7)2)17(15(16-9)21-3)14-13(20)12(19)11(6-18)22-14/h4-5,11-14,18-20H,6H2,1-3H3/t11-,12+,13-,14+/m0/s1. The van der Waals surface area contributed by atoms with Gasteiger partial charge in [-0.15, -0.1) is 0 Å². The van der Waals surface area contributed by atoms with E-state index in [1.807, 2.05) is 26.0 Å². The highest BCUT2D eigenvalue weighted by Gasteiger charge is 2.44. The highest BCUT2D eigenvalue weighted by molar-refractivity contribution is 5.79. The summed E-state index contributed by atoms with van der Waals surface area (Å²) in [5, 5.41) is 29.4. The molecule has 1 aliphatic heterocycles. The zero-order valence-corrected chi connectivity index (χ0v) is 12.7. The zero-order chi connectivity index (χ0) is 16.0. The maximum atomic E-state index is 10.2. The second-order valence-corrected chi connectivity index (χ2v) is 5.62. The number of ether oxygens (including phenoxy) is 2. The third-order valence-electron chi connectivity index (χ3n) is 4.23. The average molecular weight is 308 g/mol. The Balaban J connectivity index is 2.15. The van der Waals surface area contributed by atoms with Gasteiger partial charge in [0.15, 0.2) is 6.23 Å². The Morgan fingerprint density at radius 1 is 1.23 bits per heavy atom. The molecule has 0 unspecified atom stereocenters. The van der Waals surface area contributed by atoms with Crippen molar-refractivity contribution in [2.24, 2.45) is 0 Å². The molecule has 2 heterocycles. The Bertz CT molecular complexity index is 699. The minimum absolute atomic E-state index is 0.287. The first-order valence-electron chi connectivity index (χ1n) is 7.13. The molecule has 1 fully saturated rings. The first-order chi connectivity index (χ1) is 10.5. The molecule has 1 aromatic carbocycles. The van der Waals surface area contributed by atoms with Crippen LogP contribution in [0, 0.1) is 13.8 Å². The van der Waals surface area contributed by atoms with Gasteiger partial charge in [0.05, 0.1) is 24.8 Å². The summed E-state index contributed by atoms with van der Waals surface area (Å²) in [6.07, 6.45) is -4.04. The second-order valence-electron chi connectivity index (χ2n) is 5.62. The molecule has 4 atom stereocenters. The predicted molar refractivity (Wildman–Crippen MR) is 78.8 cm³/mol. The lowest BCUT2D eigenvalue weighted by Crippen LogP contribution is -2.33. The lowest BCUT2D eigenvalue weighted by molar-refractivity contribution is -0.0535. The normalized spacial score (nSPS) is 28.5. The molecule has 0 saturated carbocycles. The van der Waals surface area contributed by atoms with Crippen molar-refractivity contribution in [3.05, 3.63) is 23.3 Å². The van der Waals surface area contributed by atoms with E-state index in [0.29, 0.717) is 0 Å². The van der Waals surface area contributed by atoms with Gasteiger partial charge in [0, 0.05) is 0 Å². The number of hydrogen-bond donors (Lipinski definition) is 3. The third kappa shape index (κ3) is 2.17. The quantitative estimate of drug-likeness (QED) is 0.753. The number of benzene rings is 1. The summed E-state index contributed by atoms with van der Waals surface area (Å²) < 4.78 is 12.5. The number of hydrogen-bond acceptors (Lipinski definition) is 6. The highest BCUT2D eigenvalue weighted by Crippen LogP contribution is 2.36. The number of aliphatic hydroxyl groups excluding tert-OH is 3. The van der Waals surface area contributed by atoms with Gasteiger partial charge in [0.1, 0.15) is 18.3 Å². The fourth-order valence-electron chi connectivity index (χ4n) is 2.81. The number of nitrogens with zero attached hydrogens (tertiary/aromatic N) is 2. The molecule has 1 saturated heterocycles. The van der Waals surface area contributed by atoms with Crippen molar-refractivity contribution in [1.29, 1.82) is 0 Å². The number of aliphatic hydroxyl groups is 3. The molecule has 0 spiro atoms. The minimum Gasteiger partial charge on any atom is -0.468 e. The van der Waals surface area contributed by atoms with Crippen LogP contribution >= 0.6 is 0 Å². The van der Waals surface area contributed by atoms with Crippen LogP contribution in [0.1, 0.15) is 17.4 Å². The Hall–Kier alpha value is -1.67. The van der Waals surface area contributed by atoms with Gasteiger partial charge >= 0.3 is 0 Å². The fraction of sp³-hybridized carbons (Fsp3) is 0.533. The zero-order valence-electron chi connectivity index (χ0n) is 12.7.